The minimum Gasteiger partial charge on any atom is -0.347 e. The van der Waals surface area contributed by atoms with Crippen LogP contribution in [0.1, 0.15) is 32.9 Å². The molecule has 25 heavy (non-hydrogen) atoms. The lowest BCUT2D eigenvalue weighted by atomic mass is 10.1. The third-order valence-corrected chi connectivity index (χ3v) is 4.46. The summed E-state index contributed by atoms with van der Waals surface area (Å²) in [5.41, 5.74) is 5.27. The Morgan fingerprint density at radius 3 is 2.48 bits per heavy atom. The quantitative estimate of drug-likeness (QED) is 0.775. The number of carbonyl (C=O) groups is 1. The Hall–Kier alpha value is -2.66. The number of halogens is 1. The fraction of sp³-hybridized carbons (Fsp3) is 0.211. The Balaban J connectivity index is 1.76. The molecule has 0 spiro atoms. The average molecular weight is 355 g/mol. The highest BCUT2D eigenvalue weighted by Crippen LogP contribution is 2.16. The second-order valence-corrected chi connectivity index (χ2v) is 6.45. The molecule has 0 aliphatic rings. The maximum atomic E-state index is 12.4. The molecule has 0 radical (unpaired) electrons. The van der Waals surface area contributed by atoms with Crippen LogP contribution in [0.4, 0.5) is 0 Å². The van der Waals surface area contributed by atoms with Crippen LogP contribution < -0.4 is 5.32 Å². The number of benzene rings is 2. The van der Waals surface area contributed by atoms with Gasteiger partial charge in [-0.25, -0.2) is 4.68 Å². The SMILES string of the molecule is Cc1ccc(-n2nnc(C(=O)NCc3ccc(Cl)cc3)c2C)cc1C. The van der Waals surface area contributed by atoms with E-state index in [4.69, 9.17) is 11.6 Å². The van der Waals surface area contributed by atoms with Gasteiger partial charge in [0, 0.05) is 11.6 Å². The van der Waals surface area contributed by atoms with Gasteiger partial charge in [-0.15, -0.1) is 5.10 Å². The molecule has 1 N–H and O–H groups in total. The van der Waals surface area contributed by atoms with Gasteiger partial charge in [0.1, 0.15) is 0 Å². The number of nitrogens with zero attached hydrogens (tertiary/aromatic N) is 3. The fourth-order valence-corrected chi connectivity index (χ4v) is 2.64. The molecule has 0 saturated carbocycles. The molecule has 6 heteroatoms. The van der Waals surface area contributed by atoms with E-state index in [1.165, 1.54) is 11.1 Å². The number of aromatic nitrogens is 3. The van der Waals surface area contributed by atoms with Crippen LogP contribution in [0, 0.1) is 20.8 Å². The minimum atomic E-state index is -0.248. The van der Waals surface area contributed by atoms with Gasteiger partial charge < -0.3 is 5.32 Å². The Labute approximate surface area is 151 Å². The van der Waals surface area contributed by atoms with Crippen molar-refractivity contribution < 1.29 is 4.79 Å². The highest BCUT2D eigenvalue weighted by Gasteiger charge is 2.17. The molecular weight excluding hydrogens is 336 g/mol. The number of carbonyl (C=O) groups excluding carboxylic acids is 1. The first-order chi connectivity index (χ1) is 12.0. The molecule has 0 fully saturated rings. The fourth-order valence-electron chi connectivity index (χ4n) is 2.51. The van der Waals surface area contributed by atoms with E-state index >= 15 is 0 Å². The highest BCUT2D eigenvalue weighted by molar-refractivity contribution is 6.30. The van der Waals surface area contributed by atoms with Crippen molar-refractivity contribution in [3.8, 4) is 5.69 Å². The molecular formula is C19H19ClN4O. The predicted molar refractivity (Wildman–Crippen MR) is 98.2 cm³/mol. The van der Waals surface area contributed by atoms with Gasteiger partial charge in [-0.2, -0.15) is 0 Å². The van der Waals surface area contributed by atoms with Gasteiger partial charge in [-0.1, -0.05) is 35.0 Å². The molecule has 0 unspecified atom stereocenters. The summed E-state index contributed by atoms with van der Waals surface area (Å²) in [5.74, 6) is -0.248. The topological polar surface area (TPSA) is 59.8 Å². The van der Waals surface area contributed by atoms with Crippen LogP contribution >= 0.6 is 11.6 Å². The smallest absolute Gasteiger partial charge is 0.274 e. The van der Waals surface area contributed by atoms with E-state index in [9.17, 15) is 4.79 Å². The van der Waals surface area contributed by atoms with Crippen molar-refractivity contribution in [1.82, 2.24) is 20.3 Å². The molecule has 128 valence electrons. The van der Waals surface area contributed by atoms with Crippen LogP contribution in [-0.2, 0) is 6.54 Å². The van der Waals surface area contributed by atoms with Crippen LogP contribution in [-0.4, -0.2) is 20.9 Å². The van der Waals surface area contributed by atoms with Crippen LogP contribution in [0.2, 0.25) is 5.02 Å². The minimum absolute atomic E-state index is 0.248. The normalized spacial score (nSPS) is 10.7. The van der Waals surface area contributed by atoms with Crippen molar-refractivity contribution >= 4 is 17.5 Å². The second kappa shape index (κ2) is 7.07. The van der Waals surface area contributed by atoms with E-state index in [2.05, 4.69) is 22.6 Å². The van der Waals surface area contributed by atoms with E-state index in [1.54, 1.807) is 16.8 Å². The summed E-state index contributed by atoms with van der Waals surface area (Å²) < 4.78 is 1.68. The first kappa shape index (κ1) is 17.2. The van der Waals surface area contributed by atoms with Crippen LogP contribution in [0.25, 0.3) is 5.69 Å². The third-order valence-electron chi connectivity index (χ3n) is 4.21. The number of rotatable bonds is 4. The van der Waals surface area contributed by atoms with Crippen molar-refractivity contribution in [2.24, 2.45) is 0 Å². The van der Waals surface area contributed by atoms with E-state index < -0.39 is 0 Å². The second-order valence-electron chi connectivity index (χ2n) is 6.01. The Kier molecular flexibility index (Phi) is 4.86. The van der Waals surface area contributed by atoms with E-state index in [1.807, 2.05) is 44.2 Å². The zero-order valence-electron chi connectivity index (χ0n) is 14.4. The summed E-state index contributed by atoms with van der Waals surface area (Å²) >= 11 is 5.86. The van der Waals surface area contributed by atoms with Gasteiger partial charge in [-0.05, 0) is 61.7 Å². The Bertz CT molecular complexity index is 916. The van der Waals surface area contributed by atoms with Crippen LogP contribution in [0.15, 0.2) is 42.5 Å². The summed E-state index contributed by atoms with van der Waals surface area (Å²) in [4.78, 5) is 12.4. The van der Waals surface area contributed by atoms with Crippen molar-refractivity contribution in [2.45, 2.75) is 27.3 Å². The molecule has 2 aromatic carbocycles. The largest absolute Gasteiger partial charge is 0.347 e. The van der Waals surface area contributed by atoms with Crippen LogP contribution in [0.3, 0.4) is 0 Å². The van der Waals surface area contributed by atoms with Gasteiger partial charge in [0.2, 0.25) is 0 Å². The standard InChI is InChI=1S/C19H19ClN4O/c1-12-4-9-17(10-13(12)2)24-14(3)18(22-23-24)19(25)21-11-15-5-7-16(20)8-6-15/h4-10H,11H2,1-3H3,(H,21,25). The van der Waals surface area contributed by atoms with Crippen molar-refractivity contribution in [3.05, 3.63) is 75.6 Å². The lowest BCUT2D eigenvalue weighted by Gasteiger charge is -2.07. The average Bonchev–Trinajstić information content (AvgIpc) is 2.98. The number of nitrogens with one attached hydrogen (secondary N) is 1. The molecule has 3 aromatic rings. The van der Waals surface area contributed by atoms with Gasteiger partial charge >= 0.3 is 0 Å². The monoisotopic (exact) mass is 354 g/mol. The molecule has 3 rings (SSSR count). The molecule has 0 aliphatic carbocycles. The number of amides is 1. The summed E-state index contributed by atoms with van der Waals surface area (Å²) in [6, 6.07) is 13.4. The first-order valence-electron chi connectivity index (χ1n) is 7.98. The number of hydrogen-bond donors (Lipinski definition) is 1. The van der Waals surface area contributed by atoms with Crippen molar-refractivity contribution in [3.63, 3.8) is 0 Å². The molecule has 1 aromatic heterocycles. The van der Waals surface area contributed by atoms with Crippen LogP contribution in [0.5, 0.6) is 0 Å². The lowest BCUT2D eigenvalue weighted by molar-refractivity contribution is 0.0945. The summed E-state index contributed by atoms with van der Waals surface area (Å²) in [7, 11) is 0. The predicted octanol–water partition coefficient (Wildman–Crippen LogP) is 3.78. The molecule has 0 atom stereocenters. The zero-order chi connectivity index (χ0) is 18.0. The van der Waals surface area contributed by atoms with Crippen molar-refractivity contribution in [1.29, 1.82) is 0 Å². The molecule has 1 amide bonds. The molecule has 5 nitrogen and oxygen atoms in total. The van der Waals surface area contributed by atoms with Gasteiger partial charge in [0.05, 0.1) is 11.4 Å². The zero-order valence-corrected chi connectivity index (χ0v) is 15.1. The Morgan fingerprint density at radius 2 is 1.80 bits per heavy atom. The molecule has 0 saturated heterocycles. The Morgan fingerprint density at radius 1 is 1.08 bits per heavy atom. The van der Waals surface area contributed by atoms with E-state index in [0.717, 1.165) is 11.3 Å². The number of aryl methyl sites for hydroxylation is 2. The van der Waals surface area contributed by atoms with Gasteiger partial charge in [0.25, 0.3) is 5.91 Å². The highest BCUT2D eigenvalue weighted by atomic mass is 35.5. The summed E-state index contributed by atoms with van der Waals surface area (Å²) in [6.45, 7) is 6.35. The molecule has 1 heterocycles. The summed E-state index contributed by atoms with van der Waals surface area (Å²) in [5, 5.41) is 11.7. The van der Waals surface area contributed by atoms with E-state index in [-0.39, 0.29) is 5.91 Å². The number of hydrogen-bond acceptors (Lipinski definition) is 3. The third kappa shape index (κ3) is 3.72. The maximum Gasteiger partial charge on any atom is 0.274 e. The maximum absolute atomic E-state index is 12.4. The molecule has 0 bridgehead atoms. The van der Waals surface area contributed by atoms with Gasteiger partial charge in [0.15, 0.2) is 5.69 Å². The summed E-state index contributed by atoms with van der Waals surface area (Å²) in [6.07, 6.45) is 0. The lowest BCUT2D eigenvalue weighted by Crippen LogP contribution is -2.24. The molecule has 0 aliphatic heterocycles. The first-order valence-corrected chi connectivity index (χ1v) is 8.36. The van der Waals surface area contributed by atoms with Gasteiger partial charge in [-0.3, -0.25) is 4.79 Å². The van der Waals surface area contributed by atoms with E-state index in [0.29, 0.717) is 23.0 Å². The van der Waals surface area contributed by atoms with Crippen molar-refractivity contribution in [2.75, 3.05) is 0 Å².